The van der Waals surface area contributed by atoms with E-state index in [4.69, 9.17) is 5.11 Å². The van der Waals surface area contributed by atoms with Gasteiger partial charge in [0.15, 0.2) is 0 Å². The number of nitrogens with zero attached hydrogens (tertiary/aromatic N) is 1. The molecule has 1 aliphatic heterocycles. The van der Waals surface area contributed by atoms with Crippen molar-refractivity contribution >= 4 is 23.5 Å². The molecular weight excluding hydrogens is 416 g/mol. The van der Waals surface area contributed by atoms with Gasteiger partial charge in [0, 0.05) is 11.8 Å². The number of carboxylic acids is 1. The normalized spacial score (nSPS) is 23.9. The molecule has 0 radical (unpaired) electrons. The Morgan fingerprint density at radius 2 is 1.15 bits per heavy atom. The van der Waals surface area contributed by atoms with Gasteiger partial charge < -0.3 is 5.11 Å². The standard InChI is InChI=1S/C27H22N2O4/c30-25-23-21(17-7-3-1-4-8-17)15-16-22(18-9-5-2-6-10-18)24(23)26(31)29(25)28-20-13-11-19(12-14-20)27(32)33/h1-16,21-24,28H,(H,32,33). The van der Waals surface area contributed by atoms with Crippen LogP contribution in [0.25, 0.3) is 0 Å². The molecule has 2 aliphatic rings. The van der Waals surface area contributed by atoms with Crippen molar-refractivity contribution in [1.29, 1.82) is 0 Å². The van der Waals surface area contributed by atoms with Crippen molar-refractivity contribution in [1.82, 2.24) is 5.01 Å². The number of hydrazine groups is 1. The molecule has 0 saturated carbocycles. The van der Waals surface area contributed by atoms with Crippen LogP contribution in [-0.2, 0) is 9.59 Å². The predicted molar refractivity (Wildman–Crippen MR) is 123 cm³/mol. The van der Waals surface area contributed by atoms with Crippen LogP contribution in [0.15, 0.2) is 97.1 Å². The van der Waals surface area contributed by atoms with E-state index in [9.17, 15) is 14.4 Å². The van der Waals surface area contributed by atoms with Crippen LogP contribution in [-0.4, -0.2) is 27.9 Å². The highest BCUT2D eigenvalue weighted by Gasteiger charge is 2.55. The van der Waals surface area contributed by atoms with Gasteiger partial charge >= 0.3 is 5.97 Å². The number of carbonyl (C=O) groups is 3. The molecule has 2 N–H and O–H groups in total. The second kappa shape index (κ2) is 8.39. The average Bonchev–Trinajstić information content (AvgIpc) is 3.10. The summed E-state index contributed by atoms with van der Waals surface area (Å²) in [5, 5.41) is 10.2. The lowest BCUT2D eigenvalue weighted by Crippen LogP contribution is -2.37. The van der Waals surface area contributed by atoms with Crippen LogP contribution in [0, 0.1) is 11.8 Å². The summed E-state index contributed by atoms with van der Waals surface area (Å²) in [5.74, 6) is -3.12. The van der Waals surface area contributed by atoms with Crippen LogP contribution in [0.4, 0.5) is 5.69 Å². The molecule has 1 heterocycles. The van der Waals surface area contributed by atoms with Crippen molar-refractivity contribution in [3.05, 3.63) is 114 Å². The number of imide groups is 1. The number of fused-ring (bicyclic) bond motifs is 1. The lowest BCUT2D eigenvalue weighted by atomic mass is 9.68. The topological polar surface area (TPSA) is 86.7 Å². The summed E-state index contributed by atoms with van der Waals surface area (Å²) in [6.45, 7) is 0. The van der Waals surface area contributed by atoms with Crippen molar-refractivity contribution in [3.8, 4) is 0 Å². The van der Waals surface area contributed by atoms with E-state index in [1.807, 2.05) is 72.8 Å². The van der Waals surface area contributed by atoms with E-state index < -0.39 is 17.8 Å². The quantitative estimate of drug-likeness (QED) is 0.454. The molecule has 33 heavy (non-hydrogen) atoms. The zero-order chi connectivity index (χ0) is 22.9. The monoisotopic (exact) mass is 438 g/mol. The van der Waals surface area contributed by atoms with E-state index in [0.29, 0.717) is 5.69 Å². The fraction of sp³-hybridized carbons (Fsp3) is 0.148. The van der Waals surface area contributed by atoms with E-state index in [1.165, 1.54) is 12.1 Å². The number of carboxylic acid groups (broad SMARTS) is 1. The van der Waals surface area contributed by atoms with Crippen LogP contribution in [0.5, 0.6) is 0 Å². The van der Waals surface area contributed by atoms with Gasteiger partial charge in [-0.05, 0) is 35.4 Å². The molecule has 0 bridgehead atoms. The van der Waals surface area contributed by atoms with E-state index in [1.54, 1.807) is 12.1 Å². The minimum absolute atomic E-state index is 0.130. The van der Waals surface area contributed by atoms with Crippen molar-refractivity contribution in [2.45, 2.75) is 11.8 Å². The molecule has 3 aromatic carbocycles. The number of carbonyl (C=O) groups excluding carboxylic acids is 2. The Morgan fingerprint density at radius 1 is 0.697 bits per heavy atom. The van der Waals surface area contributed by atoms with Crippen LogP contribution >= 0.6 is 0 Å². The third kappa shape index (κ3) is 3.69. The highest BCUT2D eigenvalue weighted by molar-refractivity contribution is 6.07. The van der Waals surface area contributed by atoms with Gasteiger partial charge in [0.25, 0.3) is 11.8 Å². The fourth-order valence-electron chi connectivity index (χ4n) is 4.86. The maximum absolute atomic E-state index is 13.6. The van der Waals surface area contributed by atoms with Crippen LogP contribution in [0.1, 0.15) is 33.3 Å². The van der Waals surface area contributed by atoms with Crippen LogP contribution in [0.3, 0.4) is 0 Å². The van der Waals surface area contributed by atoms with Gasteiger partial charge in [-0.25, -0.2) is 4.79 Å². The molecule has 1 aliphatic carbocycles. The third-order valence-corrected chi connectivity index (χ3v) is 6.44. The number of anilines is 1. The second-order valence-corrected chi connectivity index (χ2v) is 8.32. The first-order valence-electron chi connectivity index (χ1n) is 10.8. The first-order valence-corrected chi connectivity index (χ1v) is 10.8. The molecule has 0 aromatic heterocycles. The smallest absolute Gasteiger partial charge is 0.335 e. The molecular formula is C27H22N2O4. The first kappa shape index (κ1) is 20.7. The molecule has 4 unspecified atom stereocenters. The molecule has 6 heteroatoms. The van der Waals surface area contributed by atoms with Gasteiger partial charge in [-0.15, -0.1) is 0 Å². The second-order valence-electron chi connectivity index (χ2n) is 8.32. The van der Waals surface area contributed by atoms with Crippen molar-refractivity contribution < 1.29 is 19.5 Å². The Hall–Kier alpha value is -4.19. The fourth-order valence-corrected chi connectivity index (χ4v) is 4.86. The highest BCUT2D eigenvalue weighted by atomic mass is 16.4. The zero-order valence-corrected chi connectivity index (χ0v) is 17.7. The minimum Gasteiger partial charge on any atom is -0.478 e. The van der Waals surface area contributed by atoms with E-state index in [2.05, 4.69) is 5.43 Å². The third-order valence-electron chi connectivity index (χ3n) is 6.44. The SMILES string of the molecule is O=C(O)c1ccc(NN2C(=O)C3C(c4ccccc4)C=CC(c4ccccc4)C3C2=O)cc1. The molecule has 1 fully saturated rings. The molecule has 164 valence electrons. The number of nitrogens with one attached hydrogen (secondary N) is 1. The number of allylic oxidation sites excluding steroid dienone is 2. The van der Waals surface area contributed by atoms with Crippen LogP contribution < -0.4 is 5.43 Å². The van der Waals surface area contributed by atoms with Gasteiger partial charge in [0.05, 0.1) is 23.1 Å². The largest absolute Gasteiger partial charge is 0.478 e. The summed E-state index contributed by atoms with van der Waals surface area (Å²) >= 11 is 0. The van der Waals surface area contributed by atoms with Crippen LogP contribution in [0.2, 0.25) is 0 Å². The Labute approximate surface area is 191 Å². The molecule has 1 saturated heterocycles. The lowest BCUT2D eigenvalue weighted by Gasteiger charge is -2.32. The van der Waals surface area contributed by atoms with E-state index in [0.717, 1.165) is 16.1 Å². The Morgan fingerprint density at radius 3 is 1.58 bits per heavy atom. The summed E-state index contributed by atoms with van der Waals surface area (Å²) in [6, 6.07) is 25.5. The molecule has 6 nitrogen and oxygen atoms in total. The van der Waals surface area contributed by atoms with E-state index in [-0.39, 0.29) is 29.2 Å². The van der Waals surface area contributed by atoms with Gasteiger partial charge in [0.1, 0.15) is 0 Å². The number of aromatic carboxylic acids is 1. The van der Waals surface area contributed by atoms with Gasteiger partial charge in [-0.2, -0.15) is 5.01 Å². The minimum atomic E-state index is -1.04. The Kier molecular flexibility index (Phi) is 5.26. The average molecular weight is 438 g/mol. The molecule has 0 spiro atoms. The Balaban J connectivity index is 1.52. The van der Waals surface area contributed by atoms with Gasteiger partial charge in [-0.3, -0.25) is 15.0 Å². The molecule has 4 atom stereocenters. The Bertz CT molecular complexity index is 1150. The first-order chi connectivity index (χ1) is 16.0. The molecule has 2 amide bonds. The van der Waals surface area contributed by atoms with E-state index >= 15 is 0 Å². The number of hydrogen-bond donors (Lipinski definition) is 2. The summed E-state index contributed by atoms with van der Waals surface area (Å²) in [5.41, 5.74) is 5.50. The lowest BCUT2D eigenvalue weighted by molar-refractivity contribution is -0.138. The number of hydrogen-bond acceptors (Lipinski definition) is 4. The van der Waals surface area contributed by atoms with Crippen molar-refractivity contribution in [3.63, 3.8) is 0 Å². The predicted octanol–water partition coefficient (Wildman–Crippen LogP) is 4.45. The summed E-state index contributed by atoms with van der Waals surface area (Å²) in [6.07, 6.45) is 4.09. The summed E-state index contributed by atoms with van der Waals surface area (Å²) in [7, 11) is 0. The number of rotatable bonds is 5. The summed E-state index contributed by atoms with van der Waals surface area (Å²) < 4.78 is 0. The van der Waals surface area contributed by atoms with Gasteiger partial charge in [-0.1, -0.05) is 72.8 Å². The zero-order valence-electron chi connectivity index (χ0n) is 17.7. The molecule has 3 aromatic rings. The highest BCUT2D eigenvalue weighted by Crippen LogP contribution is 2.49. The maximum Gasteiger partial charge on any atom is 0.335 e. The maximum atomic E-state index is 13.6. The summed E-state index contributed by atoms with van der Waals surface area (Å²) in [4.78, 5) is 38.3. The van der Waals surface area contributed by atoms with Crippen molar-refractivity contribution in [2.75, 3.05) is 5.43 Å². The number of amides is 2. The number of benzene rings is 3. The molecule has 5 rings (SSSR count). The van der Waals surface area contributed by atoms with Gasteiger partial charge in [0.2, 0.25) is 0 Å². The van der Waals surface area contributed by atoms with Crippen molar-refractivity contribution in [2.24, 2.45) is 11.8 Å².